The highest BCUT2D eigenvalue weighted by Gasteiger charge is 2.12. The first-order chi connectivity index (χ1) is 11.2. The Hall–Kier alpha value is -2.78. The average Bonchev–Trinajstić information content (AvgIpc) is 2.98. The lowest BCUT2D eigenvalue weighted by Crippen LogP contribution is -2.13. The first-order valence-electron chi connectivity index (χ1n) is 6.94. The fraction of sp³-hybridized carbons (Fsp3) is 0.118. The minimum atomic E-state index is -0.220. The maximum absolute atomic E-state index is 11.7. The standard InChI is InChI=1S/C17H13N3O2S/c1-11-7-13(19-15(21)9-23-10-18)8-14-16(11)22-17(20-14)12-5-3-2-4-6-12/h2-8H,9H2,1H3,(H,19,21). The second-order valence-corrected chi connectivity index (χ2v) is 5.71. The van der Waals surface area contributed by atoms with Crippen molar-refractivity contribution in [3.63, 3.8) is 0 Å². The van der Waals surface area contributed by atoms with Crippen LogP contribution in [0, 0.1) is 17.6 Å². The van der Waals surface area contributed by atoms with E-state index in [0.29, 0.717) is 22.7 Å². The number of fused-ring (bicyclic) bond motifs is 1. The van der Waals surface area contributed by atoms with Gasteiger partial charge in [0.25, 0.3) is 0 Å². The van der Waals surface area contributed by atoms with E-state index in [4.69, 9.17) is 9.68 Å². The number of benzene rings is 2. The highest BCUT2D eigenvalue weighted by Crippen LogP contribution is 2.28. The molecule has 6 heteroatoms. The number of hydrogen-bond donors (Lipinski definition) is 1. The van der Waals surface area contributed by atoms with Gasteiger partial charge in [0, 0.05) is 11.3 Å². The van der Waals surface area contributed by atoms with Gasteiger partial charge in [0.1, 0.15) is 10.9 Å². The van der Waals surface area contributed by atoms with Gasteiger partial charge in [-0.3, -0.25) is 4.79 Å². The number of amides is 1. The molecule has 0 saturated heterocycles. The van der Waals surface area contributed by atoms with Crippen LogP contribution in [-0.4, -0.2) is 16.6 Å². The van der Waals surface area contributed by atoms with Gasteiger partial charge in [0.15, 0.2) is 5.58 Å². The molecule has 1 N–H and O–H groups in total. The number of thiocyanates is 1. The molecule has 23 heavy (non-hydrogen) atoms. The molecule has 0 radical (unpaired) electrons. The van der Waals surface area contributed by atoms with Crippen LogP contribution in [0.3, 0.4) is 0 Å². The van der Waals surface area contributed by atoms with Crippen molar-refractivity contribution in [1.82, 2.24) is 4.98 Å². The number of carbonyl (C=O) groups excluding carboxylic acids is 1. The lowest BCUT2D eigenvalue weighted by Gasteiger charge is -2.04. The number of rotatable bonds is 4. The molecule has 1 amide bonds. The van der Waals surface area contributed by atoms with E-state index in [1.54, 1.807) is 6.07 Å². The van der Waals surface area contributed by atoms with E-state index < -0.39 is 0 Å². The predicted octanol–water partition coefficient (Wildman–Crippen LogP) is 3.96. The van der Waals surface area contributed by atoms with Gasteiger partial charge in [-0.25, -0.2) is 4.98 Å². The van der Waals surface area contributed by atoms with E-state index in [-0.39, 0.29) is 11.7 Å². The summed E-state index contributed by atoms with van der Waals surface area (Å²) in [5.74, 6) is 0.427. The Bertz CT molecular complexity index is 897. The first kappa shape index (κ1) is 15.1. The number of nitrogens with one attached hydrogen (secondary N) is 1. The van der Waals surface area contributed by atoms with Crippen LogP contribution in [0.2, 0.25) is 0 Å². The average molecular weight is 323 g/mol. The molecule has 1 heterocycles. The smallest absolute Gasteiger partial charge is 0.235 e. The molecular formula is C17H13N3O2S. The number of anilines is 1. The Morgan fingerprint density at radius 1 is 1.35 bits per heavy atom. The van der Waals surface area contributed by atoms with Crippen LogP contribution in [0.25, 0.3) is 22.6 Å². The molecule has 5 nitrogen and oxygen atoms in total. The Labute approximate surface area is 137 Å². The summed E-state index contributed by atoms with van der Waals surface area (Å²) in [7, 11) is 0. The van der Waals surface area contributed by atoms with E-state index in [9.17, 15) is 4.79 Å². The third kappa shape index (κ3) is 3.35. The topological polar surface area (TPSA) is 78.9 Å². The second-order valence-electron chi connectivity index (χ2n) is 4.95. The van der Waals surface area contributed by atoms with Crippen molar-refractivity contribution in [3.05, 3.63) is 48.0 Å². The summed E-state index contributed by atoms with van der Waals surface area (Å²) < 4.78 is 5.84. The molecule has 1 aromatic heterocycles. The summed E-state index contributed by atoms with van der Waals surface area (Å²) in [5, 5.41) is 13.1. The molecule has 3 rings (SSSR count). The number of thioether (sulfide) groups is 1. The predicted molar refractivity (Wildman–Crippen MR) is 90.9 cm³/mol. The summed E-state index contributed by atoms with van der Waals surface area (Å²) in [6, 6.07) is 13.3. The van der Waals surface area contributed by atoms with Gasteiger partial charge in [-0.15, -0.1) is 0 Å². The van der Waals surface area contributed by atoms with Crippen molar-refractivity contribution in [2.45, 2.75) is 6.92 Å². The molecule has 0 fully saturated rings. The van der Waals surface area contributed by atoms with E-state index in [1.807, 2.05) is 48.7 Å². The van der Waals surface area contributed by atoms with E-state index in [1.165, 1.54) is 0 Å². The van der Waals surface area contributed by atoms with Gasteiger partial charge in [0.05, 0.1) is 5.75 Å². The lowest BCUT2D eigenvalue weighted by atomic mass is 10.2. The van der Waals surface area contributed by atoms with Crippen molar-refractivity contribution in [2.24, 2.45) is 0 Å². The fourth-order valence-electron chi connectivity index (χ4n) is 2.27. The Morgan fingerprint density at radius 3 is 2.87 bits per heavy atom. The molecule has 0 bridgehead atoms. The zero-order chi connectivity index (χ0) is 16.2. The van der Waals surface area contributed by atoms with Crippen molar-refractivity contribution in [1.29, 1.82) is 5.26 Å². The van der Waals surface area contributed by atoms with Gasteiger partial charge < -0.3 is 9.73 Å². The van der Waals surface area contributed by atoms with Crippen LogP contribution in [-0.2, 0) is 4.79 Å². The van der Waals surface area contributed by atoms with Crippen molar-refractivity contribution in [2.75, 3.05) is 11.1 Å². The molecule has 0 aliphatic carbocycles. The SMILES string of the molecule is Cc1cc(NC(=O)CSC#N)cc2nc(-c3ccccc3)oc12. The Morgan fingerprint density at radius 2 is 2.13 bits per heavy atom. The lowest BCUT2D eigenvalue weighted by molar-refractivity contribution is -0.113. The van der Waals surface area contributed by atoms with Crippen LogP contribution in [0.4, 0.5) is 5.69 Å². The molecule has 0 unspecified atom stereocenters. The fourth-order valence-corrected chi connectivity index (χ4v) is 2.54. The first-order valence-corrected chi connectivity index (χ1v) is 7.93. The summed E-state index contributed by atoms with van der Waals surface area (Å²) in [6.07, 6.45) is 0. The largest absolute Gasteiger partial charge is 0.436 e. The summed E-state index contributed by atoms with van der Waals surface area (Å²) in [4.78, 5) is 16.2. The van der Waals surface area contributed by atoms with Crippen molar-refractivity contribution in [3.8, 4) is 16.9 Å². The monoisotopic (exact) mass is 323 g/mol. The molecule has 3 aromatic rings. The van der Waals surface area contributed by atoms with Crippen molar-refractivity contribution < 1.29 is 9.21 Å². The second kappa shape index (κ2) is 6.55. The number of carbonyl (C=O) groups is 1. The number of nitriles is 1. The zero-order valence-corrected chi connectivity index (χ0v) is 13.2. The third-order valence-electron chi connectivity index (χ3n) is 3.25. The summed E-state index contributed by atoms with van der Waals surface area (Å²) >= 11 is 0.904. The molecule has 0 aliphatic heterocycles. The quantitative estimate of drug-likeness (QED) is 0.735. The van der Waals surface area contributed by atoms with Crippen LogP contribution in [0.5, 0.6) is 0 Å². The summed E-state index contributed by atoms with van der Waals surface area (Å²) in [5.41, 5.74) is 3.83. The minimum absolute atomic E-state index is 0.0989. The molecule has 2 aromatic carbocycles. The number of aromatic nitrogens is 1. The van der Waals surface area contributed by atoms with Gasteiger partial charge in [-0.1, -0.05) is 18.2 Å². The molecule has 0 saturated carbocycles. The van der Waals surface area contributed by atoms with Crippen molar-refractivity contribution >= 4 is 34.5 Å². The number of oxazole rings is 1. The molecule has 0 aliphatic rings. The maximum atomic E-state index is 11.7. The number of hydrogen-bond acceptors (Lipinski definition) is 5. The minimum Gasteiger partial charge on any atom is -0.436 e. The molecular weight excluding hydrogens is 310 g/mol. The molecule has 0 atom stereocenters. The van der Waals surface area contributed by atoms with Crippen LogP contribution in [0.1, 0.15) is 5.56 Å². The van der Waals surface area contributed by atoms with Crippen LogP contribution in [0.15, 0.2) is 46.9 Å². The normalized spacial score (nSPS) is 10.4. The Kier molecular flexibility index (Phi) is 4.31. The van der Waals surface area contributed by atoms with Crippen LogP contribution >= 0.6 is 11.8 Å². The third-order valence-corrected chi connectivity index (χ3v) is 3.78. The van der Waals surface area contributed by atoms with E-state index >= 15 is 0 Å². The van der Waals surface area contributed by atoms with Gasteiger partial charge in [0.2, 0.25) is 11.8 Å². The zero-order valence-electron chi connectivity index (χ0n) is 12.4. The van der Waals surface area contributed by atoms with E-state index in [0.717, 1.165) is 22.9 Å². The van der Waals surface area contributed by atoms with Gasteiger partial charge >= 0.3 is 0 Å². The van der Waals surface area contributed by atoms with Crippen LogP contribution < -0.4 is 5.32 Å². The van der Waals surface area contributed by atoms with Gasteiger partial charge in [-0.05, 0) is 48.5 Å². The molecule has 114 valence electrons. The maximum Gasteiger partial charge on any atom is 0.235 e. The number of aryl methyl sites for hydroxylation is 1. The van der Waals surface area contributed by atoms with Gasteiger partial charge in [-0.2, -0.15) is 5.26 Å². The van der Waals surface area contributed by atoms with E-state index in [2.05, 4.69) is 10.3 Å². The Balaban J connectivity index is 1.92. The highest BCUT2D eigenvalue weighted by molar-refractivity contribution is 8.04. The summed E-state index contributed by atoms with van der Waals surface area (Å²) in [6.45, 7) is 1.90. The molecule has 0 spiro atoms. The number of nitrogens with zero attached hydrogens (tertiary/aromatic N) is 2. The highest BCUT2D eigenvalue weighted by atomic mass is 32.2.